The summed E-state index contributed by atoms with van der Waals surface area (Å²) >= 11 is 6.55. The minimum atomic E-state index is -0.948. The summed E-state index contributed by atoms with van der Waals surface area (Å²) in [6.07, 6.45) is 7.80. The second kappa shape index (κ2) is 12.6. The molecule has 0 bridgehead atoms. The highest BCUT2D eigenvalue weighted by atomic mass is 35.5. The number of benzene rings is 3. The number of nitrogens with zero attached hydrogens (tertiary/aromatic N) is 2. The summed E-state index contributed by atoms with van der Waals surface area (Å²) in [5, 5.41) is 17.4. The van der Waals surface area contributed by atoms with Crippen LogP contribution in [0.2, 0.25) is 0 Å². The third-order valence-corrected chi connectivity index (χ3v) is 7.84. The van der Waals surface area contributed by atoms with Crippen LogP contribution in [0.5, 0.6) is 0 Å². The third kappa shape index (κ3) is 6.89. The SMILES string of the molecule is Cc1ccc(-c2cccc(-c3cc(C4(C)C=C(Cl)CC=CC4)nn3Cc3ccc(C(=O)NCCC(=O)O)cc3)c2)cc1. The summed E-state index contributed by atoms with van der Waals surface area (Å²) < 4.78 is 2.02. The molecular formula is C35H34ClN3O3. The maximum absolute atomic E-state index is 12.4. The Bertz CT molecular complexity index is 1650. The predicted molar refractivity (Wildman–Crippen MR) is 168 cm³/mol. The van der Waals surface area contributed by atoms with Crippen molar-refractivity contribution in [1.29, 1.82) is 0 Å². The number of halogens is 1. The Balaban J connectivity index is 1.49. The fourth-order valence-corrected chi connectivity index (χ4v) is 5.47. The zero-order valence-corrected chi connectivity index (χ0v) is 24.6. The molecule has 5 rings (SSSR count). The van der Waals surface area contributed by atoms with E-state index in [4.69, 9.17) is 21.8 Å². The molecule has 0 saturated heterocycles. The van der Waals surface area contributed by atoms with E-state index in [1.54, 1.807) is 12.1 Å². The van der Waals surface area contributed by atoms with Gasteiger partial charge in [-0.1, -0.05) is 96.9 Å². The highest BCUT2D eigenvalue weighted by Crippen LogP contribution is 2.37. The highest BCUT2D eigenvalue weighted by Gasteiger charge is 2.29. The van der Waals surface area contributed by atoms with Crippen LogP contribution in [0.25, 0.3) is 22.4 Å². The molecular weight excluding hydrogens is 546 g/mol. The van der Waals surface area contributed by atoms with Crippen LogP contribution in [-0.4, -0.2) is 33.3 Å². The number of hydrogen-bond donors (Lipinski definition) is 2. The molecule has 6 nitrogen and oxygen atoms in total. The van der Waals surface area contributed by atoms with Gasteiger partial charge in [-0.05, 0) is 54.3 Å². The lowest BCUT2D eigenvalue weighted by molar-refractivity contribution is -0.136. The van der Waals surface area contributed by atoms with Crippen molar-refractivity contribution in [3.05, 3.63) is 125 Å². The standard InChI is InChI=1S/C35H34ClN3O3/c1-24-9-13-26(14-10-24)28-6-5-7-29(20-28)31-21-32(35(2)18-4-3-8-30(36)22-35)38-39(31)23-25-11-15-27(16-12-25)34(42)37-19-17-33(40)41/h3-7,9-16,20-22H,8,17-19,23H2,1-2H3,(H,37,42)(H,40,41). The molecule has 0 spiro atoms. The fraction of sp³-hybridized carbons (Fsp3) is 0.229. The molecule has 1 aliphatic carbocycles. The van der Waals surface area contributed by atoms with E-state index in [2.05, 4.69) is 92.0 Å². The Hall–Kier alpha value is -4.42. The Morgan fingerprint density at radius 1 is 0.976 bits per heavy atom. The summed E-state index contributed by atoms with van der Waals surface area (Å²) in [4.78, 5) is 23.2. The van der Waals surface area contributed by atoms with Crippen LogP contribution >= 0.6 is 11.6 Å². The van der Waals surface area contributed by atoms with Gasteiger partial charge in [0.2, 0.25) is 0 Å². The molecule has 0 radical (unpaired) electrons. The minimum Gasteiger partial charge on any atom is -0.481 e. The van der Waals surface area contributed by atoms with Gasteiger partial charge in [-0.3, -0.25) is 14.3 Å². The molecule has 1 amide bonds. The maximum atomic E-state index is 12.4. The first kappa shape index (κ1) is 29.1. The van der Waals surface area contributed by atoms with Gasteiger partial charge in [-0.2, -0.15) is 5.10 Å². The molecule has 42 heavy (non-hydrogen) atoms. The van der Waals surface area contributed by atoms with Gasteiger partial charge in [0.15, 0.2) is 0 Å². The van der Waals surface area contributed by atoms with Gasteiger partial charge in [0, 0.05) is 34.5 Å². The number of carbonyl (C=O) groups excluding carboxylic acids is 1. The molecule has 1 heterocycles. The smallest absolute Gasteiger partial charge is 0.305 e. The normalized spacial score (nSPS) is 16.5. The van der Waals surface area contributed by atoms with E-state index in [0.29, 0.717) is 12.1 Å². The number of amides is 1. The number of rotatable bonds is 9. The molecule has 1 atom stereocenters. The monoisotopic (exact) mass is 579 g/mol. The van der Waals surface area contributed by atoms with Crippen LogP contribution in [0, 0.1) is 6.92 Å². The van der Waals surface area contributed by atoms with Gasteiger partial charge in [0.1, 0.15) is 0 Å². The Labute approximate surface area is 251 Å². The number of carboxylic acids is 1. The third-order valence-electron chi connectivity index (χ3n) is 7.58. The fourth-order valence-electron chi connectivity index (χ4n) is 5.14. The molecule has 1 aromatic heterocycles. The number of aryl methyl sites for hydroxylation is 1. The number of carboxylic acid groups (broad SMARTS) is 1. The van der Waals surface area contributed by atoms with Crippen molar-refractivity contribution in [3.63, 3.8) is 0 Å². The van der Waals surface area contributed by atoms with E-state index < -0.39 is 5.97 Å². The summed E-state index contributed by atoms with van der Waals surface area (Å²) in [5.74, 6) is -1.24. The Kier molecular flexibility index (Phi) is 8.74. The second-order valence-electron chi connectivity index (χ2n) is 11.0. The average molecular weight is 580 g/mol. The number of aromatic nitrogens is 2. The number of carbonyl (C=O) groups is 2. The molecule has 2 N–H and O–H groups in total. The van der Waals surface area contributed by atoms with Gasteiger partial charge in [-0.15, -0.1) is 0 Å². The van der Waals surface area contributed by atoms with Crippen molar-refractivity contribution >= 4 is 23.5 Å². The average Bonchev–Trinajstić information content (AvgIpc) is 3.32. The summed E-state index contributed by atoms with van der Waals surface area (Å²) in [7, 11) is 0. The van der Waals surface area contributed by atoms with Crippen LogP contribution in [0.15, 0.2) is 102 Å². The van der Waals surface area contributed by atoms with Gasteiger partial charge < -0.3 is 10.4 Å². The number of hydrogen-bond acceptors (Lipinski definition) is 3. The molecule has 1 aliphatic rings. The van der Waals surface area contributed by atoms with E-state index >= 15 is 0 Å². The zero-order valence-electron chi connectivity index (χ0n) is 23.8. The lowest BCUT2D eigenvalue weighted by Crippen LogP contribution is -2.25. The zero-order chi connectivity index (χ0) is 29.7. The van der Waals surface area contributed by atoms with E-state index in [1.807, 2.05) is 16.8 Å². The molecule has 0 saturated carbocycles. The molecule has 3 aromatic carbocycles. The first-order chi connectivity index (χ1) is 20.2. The summed E-state index contributed by atoms with van der Waals surface area (Å²) in [6.45, 7) is 4.85. The number of nitrogens with one attached hydrogen (secondary N) is 1. The van der Waals surface area contributed by atoms with Crippen LogP contribution < -0.4 is 5.32 Å². The van der Waals surface area contributed by atoms with E-state index in [9.17, 15) is 9.59 Å². The van der Waals surface area contributed by atoms with Crippen molar-refractivity contribution in [1.82, 2.24) is 15.1 Å². The number of allylic oxidation sites excluding steroid dienone is 4. The first-order valence-electron chi connectivity index (χ1n) is 14.1. The van der Waals surface area contributed by atoms with Crippen molar-refractivity contribution < 1.29 is 14.7 Å². The van der Waals surface area contributed by atoms with Gasteiger partial charge in [-0.25, -0.2) is 0 Å². The van der Waals surface area contributed by atoms with E-state index in [0.717, 1.165) is 51.5 Å². The van der Waals surface area contributed by atoms with Crippen molar-refractivity contribution in [3.8, 4) is 22.4 Å². The molecule has 4 aromatic rings. The quantitative estimate of drug-likeness (QED) is 0.201. The van der Waals surface area contributed by atoms with Crippen LogP contribution in [-0.2, 0) is 16.8 Å². The minimum absolute atomic E-state index is 0.0867. The highest BCUT2D eigenvalue weighted by molar-refractivity contribution is 6.29. The maximum Gasteiger partial charge on any atom is 0.305 e. The second-order valence-corrected chi connectivity index (χ2v) is 11.5. The molecule has 0 fully saturated rings. The van der Waals surface area contributed by atoms with Crippen LogP contribution in [0.3, 0.4) is 0 Å². The summed E-state index contributed by atoms with van der Waals surface area (Å²) in [5.41, 5.74) is 7.62. The van der Waals surface area contributed by atoms with Crippen molar-refractivity contribution in [2.75, 3.05) is 6.54 Å². The summed E-state index contributed by atoms with van der Waals surface area (Å²) in [6, 6.07) is 26.5. The predicted octanol–water partition coefficient (Wildman–Crippen LogP) is 7.51. The van der Waals surface area contributed by atoms with E-state index in [1.165, 1.54) is 5.56 Å². The van der Waals surface area contributed by atoms with E-state index in [-0.39, 0.29) is 24.3 Å². The molecule has 0 aliphatic heterocycles. The van der Waals surface area contributed by atoms with Gasteiger partial charge in [0.25, 0.3) is 5.91 Å². The molecule has 1 unspecified atom stereocenters. The lowest BCUT2D eigenvalue weighted by Gasteiger charge is -2.21. The molecule has 214 valence electrons. The van der Waals surface area contributed by atoms with Crippen LogP contribution in [0.1, 0.15) is 53.4 Å². The van der Waals surface area contributed by atoms with Crippen molar-refractivity contribution in [2.24, 2.45) is 0 Å². The Morgan fingerprint density at radius 2 is 1.71 bits per heavy atom. The van der Waals surface area contributed by atoms with Crippen molar-refractivity contribution in [2.45, 2.75) is 45.1 Å². The van der Waals surface area contributed by atoms with Gasteiger partial charge >= 0.3 is 5.97 Å². The van der Waals surface area contributed by atoms with Crippen LogP contribution in [0.4, 0.5) is 0 Å². The first-order valence-corrected chi connectivity index (χ1v) is 14.4. The van der Waals surface area contributed by atoms with Gasteiger partial charge in [0.05, 0.1) is 24.4 Å². The molecule has 7 heteroatoms. The largest absolute Gasteiger partial charge is 0.481 e. The number of aliphatic carboxylic acids is 1. The Morgan fingerprint density at radius 3 is 2.45 bits per heavy atom. The topological polar surface area (TPSA) is 84.2 Å². The lowest BCUT2D eigenvalue weighted by atomic mass is 9.83.